The first-order valence-electron chi connectivity index (χ1n) is 5.04. The lowest BCUT2D eigenvalue weighted by atomic mass is 10.4. The number of hydrogen-bond acceptors (Lipinski definition) is 6. The van der Waals surface area contributed by atoms with E-state index in [4.69, 9.17) is 5.11 Å². The van der Waals surface area contributed by atoms with Crippen molar-refractivity contribution in [2.24, 2.45) is 0 Å². The summed E-state index contributed by atoms with van der Waals surface area (Å²) in [6.07, 6.45) is 2.39. The Bertz CT molecular complexity index is 724. The van der Waals surface area contributed by atoms with Crippen LogP contribution in [0.5, 0.6) is 0 Å². The van der Waals surface area contributed by atoms with E-state index >= 15 is 0 Å². The quantitative estimate of drug-likeness (QED) is 0.881. The maximum Gasteiger partial charge on any atom is 0.358 e. The number of anilines is 1. The van der Waals surface area contributed by atoms with Crippen molar-refractivity contribution in [3.63, 3.8) is 0 Å². The molecule has 2 rings (SSSR count). The van der Waals surface area contributed by atoms with Crippen molar-refractivity contribution in [3.8, 4) is 0 Å². The Kier molecular flexibility index (Phi) is 3.49. The molecule has 0 spiro atoms. The van der Waals surface area contributed by atoms with Gasteiger partial charge in [0, 0.05) is 17.3 Å². The second-order valence-corrected chi connectivity index (χ2v) is 6.73. The Labute approximate surface area is 113 Å². The number of nitrogens with zero attached hydrogens (tertiary/aromatic N) is 2. The first kappa shape index (κ1) is 13.4. The van der Waals surface area contributed by atoms with E-state index in [0.29, 0.717) is 0 Å². The highest BCUT2D eigenvalue weighted by atomic mass is 32.2. The zero-order valence-corrected chi connectivity index (χ0v) is 11.3. The maximum absolute atomic E-state index is 12.0. The van der Waals surface area contributed by atoms with Gasteiger partial charge in [-0.05, 0) is 19.1 Å². The molecule has 0 unspecified atom stereocenters. The van der Waals surface area contributed by atoms with E-state index < -0.39 is 21.7 Å². The molecule has 0 fully saturated rings. The summed E-state index contributed by atoms with van der Waals surface area (Å²) in [6, 6.07) is 3.10. The molecule has 19 heavy (non-hydrogen) atoms. The number of sulfonamides is 1. The molecule has 100 valence electrons. The predicted octanol–water partition coefficient (Wildman–Crippen LogP) is 1.35. The Balaban J connectivity index is 2.39. The molecule has 0 bridgehead atoms. The minimum atomic E-state index is -3.85. The van der Waals surface area contributed by atoms with Crippen LogP contribution in [-0.4, -0.2) is 29.5 Å². The number of carboxylic acids is 1. The molecule has 9 heteroatoms. The highest BCUT2D eigenvalue weighted by Crippen LogP contribution is 2.23. The fraction of sp³-hybridized carbons (Fsp3) is 0.100. The summed E-state index contributed by atoms with van der Waals surface area (Å²) in [6.45, 7) is 1.77. The van der Waals surface area contributed by atoms with E-state index in [9.17, 15) is 13.2 Å². The van der Waals surface area contributed by atoms with Crippen LogP contribution in [0.25, 0.3) is 0 Å². The van der Waals surface area contributed by atoms with Gasteiger partial charge in [0.2, 0.25) is 0 Å². The van der Waals surface area contributed by atoms with Crippen LogP contribution in [0.4, 0.5) is 5.82 Å². The number of aromatic nitrogens is 2. The third kappa shape index (κ3) is 2.88. The number of carbonyl (C=O) groups is 1. The fourth-order valence-electron chi connectivity index (χ4n) is 1.30. The summed E-state index contributed by atoms with van der Waals surface area (Å²) in [5, 5.41) is 8.90. The molecular formula is C10H9N3O4S2. The average Bonchev–Trinajstić information content (AvgIpc) is 2.76. The molecule has 0 aromatic carbocycles. The second-order valence-electron chi connectivity index (χ2n) is 3.53. The highest BCUT2D eigenvalue weighted by molar-refractivity contribution is 7.94. The molecule has 2 N–H and O–H groups in total. The van der Waals surface area contributed by atoms with Gasteiger partial charge in [0.25, 0.3) is 10.0 Å². The summed E-state index contributed by atoms with van der Waals surface area (Å²) in [7, 11) is -3.85. The van der Waals surface area contributed by atoms with Crippen LogP contribution in [0.2, 0.25) is 0 Å². The van der Waals surface area contributed by atoms with Gasteiger partial charge in [-0.25, -0.2) is 23.2 Å². The number of aromatic carboxylic acids is 1. The van der Waals surface area contributed by atoms with Crippen molar-refractivity contribution in [1.82, 2.24) is 9.97 Å². The lowest BCUT2D eigenvalue weighted by molar-refractivity contribution is 0.0691. The van der Waals surface area contributed by atoms with Crippen molar-refractivity contribution in [1.29, 1.82) is 0 Å². The van der Waals surface area contributed by atoms with Crippen molar-refractivity contribution in [2.45, 2.75) is 11.1 Å². The van der Waals surface area contributed by atoms with Gasteiger partial charge in [0.15, 0.2) is 11.5 Å². The van der Waals surface area contributed by atoms with Crippen LogP contribution in [0.15, 0.2) is 28.7 Å². The van der Waals surface area contributed by atoms with E-state index in [1.54, 1.807) is 13.0 Å². The van der Waals surface area contributed by atoms with Crippen LogP contribution < -0.4 is 4.72 Å². The van der Waals surface area contributed by atoms with E-state index in [1.807, 2.05) is 0 Å². The number of nitrogens with one attached hydrogen (secondary N) is 1. The first-order valence-corrected chi connectivity index (χ1v) is 7.33. The minimum absolute atomic E-state index is 0.0898. The van der Waals surface area contributed by atoms with Crippen LogP contribution >= 0.6 is 11.3 Å². The standard InChI is InChI=1S/C10H9N3O4S2/c1-6-2-3-7(18-6)19(16,17)13-9-8(10(14)15)11-4-5-12-9/h2-5H,1H3,(H,12,13)(H,14,15). The van der Waals surface area contributed by atoms with Crippen molar-refractivity contribution < 1.29 is 18.3 Å². The van der Waals surface area contributed by atoms with Crippen LogP contribution in [0.3, 0.4) is 0 Å². The molecule has 0 atom stereocenters. The molecular weight excluding hydrogens is 290 g/mol. The van der Waals surface area contributed by atoms with Gasteiger partial charge < -0.3 is 5.11 Å². The molecule has 0 saturated carbocycles. The number of aryl methyl sites for hydroxylation is 1. The molecule has 2 aromatic heterocycles. The zero-order chi connectivity index (χ0) is 14.0. The van der Waals surface area contributed by atoms with E-state index in [2.05, 4.69) is 14.7 Å². The molecule has 0 amide bonds. The van der Waals surface area contributed by atoms with Gasteiger partial charge in [-0.3, -0.25) is 4.72 Å². The minimum Gasteiger partial charge on any atom is -0.476 e. The normalized spacial score (nSPS) is 11.2. The lowest BCUT2D eigenvalue weighted by Gasteiger charge is -2.06. The van der Waals surface area contributed by atoms with Crippen LogP contribution in [0.1, 0.15) is 15.4 Å². The topological polar surface area (TPSA) is 109 Å². The molecule has 0 aliphatic carbocycles. The van der Waals surface area contributed by atoms with Gasteiger partial charge in [0.05, 0.1) is 0 Å². The maximum atomic E-state index is 12.0. The van der Waals surface area contributed by atoms with Gasteiger partial charge in [-0.2, -0.15) is 0 Å². The van der Waals surface area contributed by atoms with E-state index in [-0.39, 0.29) is 10.0 Å². The van der Waals surface area contributed by atoms with Gasteiger partial charge in [-0.15, -0.1) is 11.3 Å². The van der Waals surface area contributed by atoms with E-state index in [0.717, 1.165) is 16.2 Å². The average molecular weight is 299 g/mol. The Morgan fingerprint density at radius 2 is 2.00 bits per heavy atom. The van der Waals surface area contributed by atoms with Crippen molar-refractivity contribution >= 4 is 33.1 Å². The summed E-state index contributed by atoms with van der Waals surface area (Å²) in [4.78, 5) is 19.0. The summed E-state index contributed by atoms with van der Waals surface area (Å²) in [5.41, 5.74) is -0.445. The third-order valence-electron chi connectivity index (χ3n) is 2.11. The number of carboxylic acid groups (broad SMARTS) is 1. The number of hydrogen-bond donors (Lipinski definition) is 2. The molecule has 0 aliphatic heterocycles. The Morgan fingerprint density at radius 1 is 1.32 bits per heavy atom. The number of rotatable bonds is 4. The summed E-state index contributed by atoms with van der Waals surface area (Å²) in [5.74, 6) is -1.66. The van der Waals surface area contributed by atoms with E-state index in [1.165, 1.54) is 18.5 Å². The van der Waals surface area contributed by atoms with Crippen LogP contribution in [-0.2, 0) is 10.0 Å². The second kappa shape index (κ2) is 4.94. The molecule has 2 aromatic rings. The summed E-state index contributed by atoms with van der Waals surface area (Å²) >= 11 is 1.08. The fourth-order valence-corrected chi connectivity index (χ4v) is 3.60. The summed E-state index contributed by atoms with van der Waals surface area (Å²) < 4.78 is 26.3. The molecule has 0 saturated heterocycles. The number of thiophene rings is 1. The monoisotopic (exact) mass is 299 g/mol. The van der Waals surface area contributed by atoms with Crippen LogP contribution in [0, 0.1) is 6.92 Å². The Hall–Kier alpha value is -2.00. The third-order valence-corrected chi connectivity index (χ3v) is 4.94. The predicted molar refractivity (Wildman–Crippen MR) is 68.9 cm³/mol. The first-order chi connectivity index (χ1) is 8.90. The van der Waals surface area contributed by atoms with Gasteiger partial charge in [-0.1, -0.05) is 0 Å². The molecule has 7 nitrogen and oxygen atoms in total. The SMILES string of the molecule is Cc1ccc(S(=O)(=O)Nc2nccnc2C(=O)O)s1. The Morgan fingerprint density at radius 3 is 2.58 bits per heavy atom. The zero-order valence-electron chi connectivity index (χ0n) is 9.69. The smallest absolute Gasteiger partial charge is 0.358 e. The molecule has 2 heterocycles. The molecule has 0 aliphatic rings. The van der Waals surface area contributed by atoms with Crippen molar-refractivity contribution in [2.75, 3.05) is 4.72 Å². The largest absolute Gasteiger partial charge is 0.476 e. The van der Waals surface area contributed by atoms with Gasteiger partial charge in [0.1, 0.15) is 4.21 Å². The highest BCUT2D eigenvalue weighted by Gasteiger charge is 2.21. The van der Waals surface area contributed by atoms with Gasteiger partial charge >= 0.3 is 5.97 Å². The lowest BCUT2D eigenvalue weighted by Crippen LogP contribution is -2.16. The molecule has 0 radical (unpaired) electrons. The van der Waals surface area contributed by atoms with Crippen molar-refractivity contribution in [3.05, 3.63) is 35.1 Å².